The van der Waals surface area contributed by atoms with E-state index in [0.29, 0.717) is 23.5 Å². The van der Waals surface area contributed by atoms with Crippen LogP contribution in [0.3, 0.4) is 0 Å². The zero-order valence-corrected chi connectivity index (χ0v) is 16.1. The summed E-state index contributed by atoms with van der Waals surface area (Å²) >= 11 is 0. The second-order valence-electron chi connectivity index (χ2n) is 7.38. The predicted molar refractivity (Wildman–Crippen MR) is 103 cm³/mol. The average molecular weight is 361 g/mol. The van der Waals surface area contributed by atoms with Crippen LogP contribution in [0.5, 0.6) is 11.5 Å². The lowest BCUT2D eigenvalue weighted by Crippen LogP contribution is -2.42. The highest BCUT2D eigenvalue weighted by molar-refractivity contribution is 5.80. The molecule has 1 heterocycles. The van der Waals surface area contributed by atoms with Gasteiger partial charge in [0.05, 0.1) is 26.9 Å². The summed E-state index contributed by atoms with van der Waals surface area (Å²) < 4.78 is 10.6. The van der Waals surface area contributed by atoms with Crippen molar-refractivity contribution in [2.45, 2.75) is 38.7 Å². The summed E-state index contributed by atoms with van der Waals surface area (Å²) in [5, 5.41) is 14.0. The highest BCUT2D eigenvalue weighted by Crippen LogP contribution is 2.47. The van der Waals surface area contributed by atoms with E-state index >= 15 is 0 Å². The highest BCUT2D eigenvalue weighted by Gasteiger charge is 2.43. The van der Waals surface area contributed by atoms with E-state index in [1.165, 1.54) is 25.7 Å². The number of rotatable bonds is 6. The smallest absolute Gasteiger partial charge is 0.194 e. The predicted octanol–water partition coefficient (Wildman–Crippen LogP) is 2.58. The largest absolute Gasteiger partial charge is 0.497 e. The van der Waals surface area contributed by atoms with Crippen molar-refractivity contribution in [2.24, 2.45) is 10.4 Å². The molecular weight excluding hydrogens is 330 g/mol. The maximum atomic E-state index is 10.6. The molecule has 2 N–H and O–H groups in total. The second kappa shape index (κ2) is 8.16. The summed E-state index contributed by atoms with van der Waals surface area (Å²) in [4.78, 5) is 7.06. The van der Waals surface area contributed by atoms with Gasteiger partial charge in [0.25, 0.3) is 0 Å². The summed E-state index contributed by atoms with van der Waals surface area (Å²) in [6.45, 7) is 5.35. The summed E-state index contributed by atoms with van der Waals surface area (Å²) in [7, 11) is 3.21. The van der Waals surface area contributed by atoms with E-state index in [2.05, 4.69) is 17.1 Å². The third-order valence-corrected chi connectivity index (χ3v) is 5.66. The first-order chi connectivity index (χ1) is 12.6. The molecule has 144 valence electrons. The molecule has 2 fully saturated rings. The van der Waals surface area contributed by atoms with Gasteiger partial charge in [-0.2, -0.15) is 0 Å². The number of nitrogens with zero attached hydrogens (tertiary/aromatic N) is 2. The maximum absolute atomic E-state index is 10.6. The Morgan fingerprint density at radius 2 is 1.92 bits per heavy atom. The van der Waals surface area contributed by atoms with Crippen molar-refractivity contribution in [3.05, 3.63) is 23.8 Å². The van der Waals surface area contributed by atoms with E-state index in [4.69, 9.17) is 14.5 Å². The number of benzene rings is 1. The SMILES string of the molecule is CCNC(=NCC(O)c1cc(OC)cc(OC)c1)N1CCC2(CCC2)C1. The van der Waals surface area contributed by atoms with Crippen molar-refractivity contribution in [1.29, 1.82) is 0 Å². The van der Waals surface area contributed by atoms with E-state index in [1.54, 1.807) is 20.3 Å². The van der Waals surface area contributed by atoms with Crippen LogP contribution in [0.4, 0.5) is 0 Å². The molecule has 0 radical (unpaired) electrons. The van der Waals surface area contributed by atoms with Gasteiger partial charge in [0.15, 0.2) is 5.96 Å². The van der Waals surface area contributed by atoms with Crippen molar-refractivity contribution in [1.82, 2.24) is 10.2 Å². The Hall–Kier alpha value is -1.95. The third kappa shape index (κ3) is 4.06. The Balaban J connectivity index is 1.69. The summed E-state index contributed by atoms with van der Waals surface area (Å²) in [5.41, 5.74) is 1.27. The van der Waals surface area contributed by atoms with Gasteiger partial charge in [-0.25, -0.2) is 0 Å². The monoisotopic (exact) mass is 361 g/mol. The van der Waals surface area contributed by atoms with Gasteiger partial charge in [-0.05, 0) is 49.3 Å². The zero-order valence-electron chi connectivity index (χ0n) is 16.1. The van der Waals surface area contributed by atoms with Gasteiger partial charge >= 0.3 is 0 Å². The molecule has 3 rings (SSSR count). The van der Waals surface area contributed by atoms with E-state index in [1.807, 2.05) is 12.1 Å². The number of likely N-dealkylation sites (tertiary alicyclic amines) is 1. The van der Waals surface area contributed by atoms with Crippen LogP contribution in [0.2, 0.25) is 0 Å². The number of nitrogens with one attached hydrogen (secondary N) is 1. The van der Waals surface area contributed by atoms with Crippen LogP contribution in [0.1, 0.15) is 44.3 Å². The molecule has 1 aliphatic carbocycles. The first-order valence-electron chi connectivity index (χ1n) is 9.53. The number of hydrogen-bond donors (Lipinski definition) is 2. The second-order valence-corrected chi connectivity index (χ2v) is 7.38. The number of ether oxygens (including phenoxy) is 2. The van der Waals surface area contributed by atoms with Gasteiger partial charge < -0.3 is 24.8 Å². The van der Waals surface area contributed by atoms with Crippen molar-refractivity contribution in [3.63, 3.8) is 0 Å². The molecule has 26 heavy (non-hydrogen) atoms. The first kappa shape index (κ1) is 18.8. The first-order valence-corrected chi connectivity index (χ1v) is 9.53. The Kier molecular flexibility index (Phi) is 5.91. The quantitative estimate of drug-likeness (QED) is 0.602. The molecule has 1 spiro atoms. The molecular formula is C20H31N3O3. The Morgan fingerprint density at radius 3 is 2.42 bits per heavy atom. The lowest BCUT2D eigenvalue weighted by Gasteiger charge is -2.38. The van der Waals surface area contributed by atoms with E-state index in [-0.39, 0.29) is 0 Å². The Labute approximate surface area is 156 Å². The Morgan fingerprint density at radius 1 is 1.23 bits per heavy atom. The van der Waals surface area contributed by atoms with Crippen LogP contribution >= 0.6 is 0 Å². The third-order valence-electron chi connectivity index (χ3n) is 5.66. The molecule has 6 heteroatoms. The van der Waals surface area contributed by atoms with E-state index in [0.717, 1.165) is 31.2 Å². The Bertz CT molecular complexity index is 621. The molecule has 1 atom stereocenters. The van der Waals surface area contributed by atoms with Gasteiger partial charge in [0, 0.05) is 25.7 Å². The number of aliphatic hydroxyl groups excluding tert-OH is 1. The van der Waals surface area contributed by atoms with Crippen LogP contribution < -0.4 is 14.8 Å². The number of guanidine groups is 1. The van der Waals surface area contributed by atoms with Crippen LogP contribution in [0.25, 0.3) is 0 Å². The molecule has 0 amide bonds. The molecule has 1 unspecified atom stereocenters. The van der Waals surface area contributed by atoms with Crippen molar-refractivity contribution in [2.75, 3.05) is 40.4 Å². The van der Waals surface area contributed by atoms with Crippen molar-refractivity contribution in [3.8, 4) is 11.5 Å². The molecule has 0 bridgehead atoms. The summed E-state index contributed by atoms with van der Waals surface area (Å²) in [6.07, 6.45) is 4.60. The number of hydrogen-bond acceptors (Lipinski definition) is 4. The molecule has 1 saturated carbocycles. The molecule has 1 aromatic rings. The molecule has 6 nitrogen and oxygen atoms in total. The maximum Gasteiger partial charge on any atom is 0.194 e. The van der Waals surface area contributed by atoms with Crippen molar-refractivity contribution < 1.29 is 14.6 Å². The summed E-state index contributed by atoms with van der Waals surface area (Å²) in [5.74, 6) is 2.24. The van der Waals surface area contributed by atoms with Crippen LogP contribution in [-0.4, -0.2) is 56.4 Å². The fourth-order valence-corrected chi connectivity index (χ4v) is 3.93. The van der Waals surface area contributed by atoms with Gasteiger partial charge in [0.1, 0.15) is 11.5 Å². The number of aliphatic hydroxyl groups is 1. The average Bonchev–Trinajstić information content (AvgIpc) is 3.10. The fourth-order valence-electron chi connectivity index (χ4n) is 3.93. The van der Waals surface area contributed by atoms with E-state index in [9.17, 15) is 5.11 Å². The van der Waals surface area contributed by atoms with Crippen LogP contribution in [0, 0.1) is 5.41 Å². The fraction of sp³-hybridized carbons (Fsp3) is 0.650. The standard InChI is InChI=1S/C20H31N3O3/c1-4-21-19(23-9-8-20(14-23)6-5-7-20)22-13-18(24)15-10-16(25-2)12-17(11-15)26-3/h10-12,18,24H,4-9,13-14H2,1-3H3,(H,21,22). The summed E-state index contributed by atoms with van der Waals surface area (Å²) in [6, 6.07) is 5.45. The van der Waals surface area contributed by atoms with Gasteiger partial charge in [-0.1, -0.05) is 6.42 Å². The van der Waals surface area contributed by atoms with Gasteiger partial charge in [0.2, 0.25) is 0 Å². The van der Waals surface area contributed by atoms with Gasteiger partial charge in [-0.15, -0.1) is 0 Å². The normalized spacial score (nSPS) is 20.0. The lowest BCUT2D eigenvalue weighted by atomic mass is 9.68. The molecule has 1 saturated heterocycles. The zero-order chi connectivity index (χ0) is 18.6. The lowest BCUT2D eigenvalue weighted by molar-refractivity contribution is 0.151. The molecule has 1 aliphatic heterocycles. The van der Waals surface area contributed by atoms with Gasteiger partial charge in [-0.3, -0.25) is 4.99 Å². The van der Waals surface area contributed by atoms with Crippen LogP contribution in [0.15, 0.2) is 23.2 Å². The van der Waals surface area contributed by atoms with E-state index < -0.39 is 6.10 Å². The minimum atomic E-state index is -0.701. The number of methoxy groups -OCH3 is 2. The highest BCUT2D eigenvalue weighted by atomic mass is 16.5. The minimum absolute atomic E-state index is 0.308. The minimum Gasteiger partial charge on any atom is -0.497 e. The number of aliphatic imine (C=N–C) groups is 1. The molecule has 0 aromatic heterocycles. The topological polar surface area (TPSA) is 66.3 Å². The molecule has 1 aromatic carbocycles. The molecule has 2 aliphatic rings. The van der Waals surface area contributed by atoms with Crippen molar-refractivity contribution >= 4 is 5.96 Å². The van der Waals surface area contributed by atoms with Crippen LogP contribution in [-0.2, 0) is 0 Å².